The average Bonchev–Trinajstić information content (AvgIpc) is 3.19. The van der Waals surface area contributed by atoms with Crippen molar-refractivity contribution in [1.82, 2.24) is 14.9 Å². The number of pyridine rings is 1. The number of amidine groups is 1. The molecule has 8 heteroatoms. The number of hydrogen-bond acceptors (Lipinski definition) is 8. The lowest BCUT2D eigenvalue weighted by Gasteiger charge is -2.50. The molecule has 1 spiro atoms. The number of fused-ring (bicyclic) bond motifs is 3. The molecule has 4 aliphatic rings. The topological polar surface area (TPSA) is 71.9 Å². The van der Waals surface area contributed by atoms with E-state index in [0.29, 0.717) is 17.8 Å². The van der Waals surface area contributed by atoms with E-state index >= 15 is 0 Å². The molecule has 3 fully saturated rings. The molecule has 3 saturated heterocycles. The van der Waals surface area contributed by atoms with Gasteiger partial charge >= 0.3 is 0 Å². The number of ether oxygens (including phenoxy) is 2. The highest BCUT2D eigenvalue weighted by Gasteiger charge is 2.51. The monoisotopic (exact) mass is 345 g/mol. The third-order valence-corrected chi connectivity index (χ3v) is 6.15. The van der Waals surface area contributed by atoms with E-state index in [1.54, 1.807) is 7.11 Å². The lowest BCUT2D eigenvalue weighted by atomic mass is 9.75. The Hall–Kier alpha value is -1.93. The van der Waals surface area contributed by atoms with Crippen molar-refractivity contribution in [2.75, 3.05) is 38.6 Å². The second kappa shape index (κ2) is 5.29. The number of aliphatic imine (C=N–C) groups is 1. The van der Waals surface area contributed by atoms with Crippen LogP contribution < -0.4 is 10.1 Å². The normalized spacial score (nSPS) is 31.3. The highest BCUT2D eigenvalue weighted by Crippen LogP contribution is 2.41. The first-order valence-electron chi connectivity index (χ1n) is 8.28. The fraction of sp³-hybridized carbons (Fsp3) is 0.562. The minimum Gasteiger partial charge on any atom is -0.481 e. The van der Waals surface area contributed by atoms with E-state index in [1.807, 2.05) is 12.1 Å². The van der Waals surface area contributed by atoms with E-state index in [1.165, 1.54) is 37.3 Å². The third-order valence-electron chi connectivity index (χ3n) is 5.27. The molecule has 7 nitrogen and oxygen atoms in total. The second-order valence-corrected chi connectivity index (χ2v) is 7.64. The van der Waals surface area contributed by atoms with Crippen molar-refractivity contribution in [3.05, 3.63) is 12.1 Å². The molecule has 0 aromatic carbocycles. The van der Waals surface area contributed by atoms with Crippen molar-refractivity contribution in [3.63, 3.8) is 0 Å². The molecule has 2 bridgehead atoms. The molecule has 6 rings (SSSR count). The van der Waals surface area contributed by atoms with Crippen LogP contribution in [0.15, 0.2) is 17.1 Å². The quantitative estimate of drug-likeness (QED) is 0.897. The number of thiazole rings is 1. The Kier molecular flexibility index (Phi) is 3.18. The molecule has 1 atom stereocenters. The van der Waals surface area contributed by atoms with Crippen molar-refractivity contribution >= 4 is 32.8 Å². The third kappa shape index (κ3) is 2.24. The van der Waals surface area contributed by atoms with Crippen LogP contribution in [0.25, 0.3) is 10.3 Å². The fourth-order valence-corrected chi connectivity index (χ4v) is 4.83. The van der Waals surface area contributed by atoms with Crippen LogP contribution in [0.1, 0.15) is 12.8 Å². The molecule has 6 heterocycles. The number of nitrogens with one attached hydrogen (secondary N) is 1. The number of aromatic nitrogens is 2. The number of methoxy groups -OCH3 is 1. The molecule has 24 heavy (non-hydrogen) atoms. The Balaban J connectivity index is 1.34. The van der Waals surface area contributed by atoms with Crippen LogP contribution in [0.4, 0.5) is 5.13 Å². The van der Waals surface area contributed by atoms with Gasteiger partial charge in [0, 0.05) is 18.5 Å². The lowest BCUT2D eigenvalue weighted by Crippen LogP contribution is -2.61. The van der Waals surface area contributed by atoms with Gasteiger partial charge < -0.3 is 9.47 Å². The standard InChI is InChI=1S/C16H19N5O2S/c1-22-12-3-2-11-13(19-12)24-15(18-11)20-14-17-8-16(23-14)9-21-6-4-10(16)5-7-21/h2-3,10H,4-9H2,1H3,(H,17,18,20)/t16-/m0/s1. The van der Waals surface area contributed by atoms with E-state index in [2.05, 4.69) is 25.2 Å². The second-order valence-electron chi connectivity index (χ2n) is 6.66. The molecule has 4 aliphatic heterocycles. The van der Waals surface area contributed by atoms with Gasteiger partial charge in [0.2, 0.25) is 5.88 Å². The highest BCUT2D eigenvalue weighted by atomic mass is 32.1. The van der Waals surface area contributed by atoms with Crippen molar-refractivity contribution in [1.29, 1.82) is 0 Å². The Morgan fingerprint density at radius 1 is 1.33 bits per heavy atom. The number of rotatable bonds is 2. The number of hydrogen-bond donors (Lipinski definition) is 1. The van der Waals surface area contributed by atoms with E-state index in [-0.39, 0.29) is 5.60 Å². The average molecular weight is 345 g/mol. The van der Waals surface area contributed by atoms with Crippen LogP contribution in [0.3, 0.4) is 0 Å². The summed E-state index contributed by atoms with van der Waals surface area (Å²) >= 11 is 1.48. The summed E-state index contributed by atoms with van der Waals surface area (Å²) in [6.07, 6.45) is 2.43. The van der Waals surface area contributed by atoms with Gasteiger partial charge in [-0.05, 0) is 32.0 Å². The van der Waals surface area contributed by atoms with Gasteiger partial charge in [0.15, 0.2) is 5.13 Å². The van der Waals surface area contributed by atoms with Gasteiger partial charge in [0.25, 0.3) is 6.02 Å². The molecule has 0 saturated carbocycles. The Morgan fingerprint density at radius 3 is 2.96 bits per heavy atom. The first-order chi connectivity index (χ1) is 11.7. The summed E-state index contributed by atoms with van der Waals surface area (Å²) in [5, 5.41) is 3.99. The molecule has 126 valence electrons. The van der Waals surface area contributed by atoms with E-state index in [4.69, 9.17) is 9.47 Å². The minimum atomic E-state index is -0.128. The summed E-state index contributed by atoms with van der Waals surface area (Å²) in [7, 11) is 1.61. The Bertz CT molecular complexity index is 814. The summed E-state index contributed by atoms with van der Waals surface area (Å²) in [6, 6.07) is 4.32. The van der Waals surface area contributed by atoms with Crippen LogP contribution in [0.2, 0.25) is 0 Å². The summed E-state index contributed by atoms with van der Waals surface area (Å²) in [4.78, 5) is 16.9. The molecule has 0 radical (unpaired) electrons. The van der Waals surface area contributed by atoms with E-state index in [0.717, 1.165) is 28.6 Å². The Morgan fingerprint density at radius 2 is 2.21 bits per heavy atom. The molecule has 0 aliphatic carbocycles. The van der Waals surface area contributed by atoms with Crippen molar-refractivity contribution in [3.8, 4) is 5.88 Å². The van der Waals surface area contributed by atoms with Gasteiger partial charge in [-0.1, -0.05) is 11.3 Å². The predicted octanol–water partition coefficient (Wildman–Crippen LogP) is 1.96. The van der Waals surface area contributed by atoms with Crippen LogP contribution in [0.5, 0.6) is 5.88 Å². The predicted molar refractivity (Wildman–Crippen MR) is 92.9 cm³/mol. The summed E-state index contributed by atoms with van der Waals surface area (Å²) < 4.78 is 11.5. The van der Waals surface area contributed by atoms with Gasteiger partial charge in [0.1, 0.15) is 15.9 Å². The maximum absolute atomic E-state index is 6.29. The van der Waals surface area contributed by atoms with Gasteiger partial charge in [0.05, 0.1) is 13.7 Å². The van der Waals surface area contributed by atoms with Crippen LogP contribution in [-0.4, -0.2) is 59.8 Å². The van der Waals surface area contributed by atoms with Crippen LogP contribution in [-0.2, 0) is 4.74 Å². The van der Waals surface area contributed by atoms with Crippen LogP contribution in [0, 0.1) is 5.92 Å². The maximum Gasteiger partial charge on any atom is 0.291 e. The van der Waals surface area contributed by atoms with E-state index < -0.39 is 0 Å². The summed E-state index contributed by atoms with van der Waals surface area (Å²) in [6.45, 7) is 4.13. The van der Waals surface area contributed by atoms with E-state index in [9.17, 15) is 0 Å². The first kappa shape index (κ1) is 14.4. The molecular formula is C16H19N5O2S. The smallest absolute Gasteiger partial charge is 0.291 e. The largest absolute Gasteiger partial charge is 0.481 e. The number of anilines is 1. The number of nitrogens with zero attached hydrogens (tertiary/aromatic N) is 4. The van der Waals surface area contributed by atoms with Gasteiger partial charge in [-0.2, -0.15) is 0 Å². The zero-order valence-corrected chi connectivity index (χ0v) is 14.3. The zero-order chi connectivity index (χ0) is 16.1. The van der Waals surface area contributed by atoms with Gasteiger partial charge in [-0.3, -0.25) is 10.2 Å². The van der Waals surface area contributed by atoms with Crippen molar-refractivity contribution in [2.24, 2.45) is 10.9 Å². The molecule has 2 aromatic rings. The first-order valence-corrected chi connectivity index (χ1v) is 9.10. The summed E-state index contributed by atoms with van der Waals surface area (Å²) in [5.41, 5.74) is 0.719. The molecular weight excluding hydrogens is 326 g/mol. The molecule has 2 aromatic heterocycles. The van der Waals surface area contributed by atoms with Gasteiger partial charge in [-0.25, -0.2) is 15.0 Å². The van der Waals surface area contributed by atoms with Crippen LogP contribution >= 0.6 is 11.3 Å². The van der Waals surface area contributed by atoms with Crippen molar-refractivity contribution < 1.29 is 9.47 Å². The minimum absolute atomic E-state index is 0.128. The SMILES string of the molecule is COc1ccc2nc(NC3=NC[C@@]4(CN5CCC4CC5)O3)sc2n1. The lowest BCUT2D eigenvalue weighted by molar-refractivity contribution is -0.0829. The molecule has 1 N–H and O–H groups in total. The zero-order valence-electron chi connectivity index (χ0n) is 13.5. The molecule has 0 amide bonds. The maximum atomic E-state index is 6.29. The number of piperidine rings is 3. The summed E-state index contributed by atoms with van der Waals surface area (Å²) in [5.74, 6) is 1.21. The van der Waals surface area contributed by atoms with Crippen molar-refractivity contribution in [2.45, 2.75) is 18.4 Å². The molecule has 0 unspecified atom stereocenters. The van der Waals surface area contributed by atoms with Gasteiger partial charge in [-0.15, -0.1) is 0 Å². The highest BCUT2D eigenvalue weighted by molar-refractivity contribution is 7.21. The Labute approximate surface area is 143 Å². The fourth-order valence-electron chi connectivity index (χ4n) is 4.01.